The maximum absolute atomic E-state index is 12.7. The number of nitrogens with zero attached hydrogens (tertiary/aromatic N) is 1. The van der Waals surface area contributed by atoms with Crippen molar-refractivity contribution in [1.82, 2.24) is 10.2 Å². The maximum atomic E-state index is 12.7. The first kappa shape index (κ1) is 19.7. The number of urea groups is 1. The molecular weight excluding hydrogens is 384 g/mol. The molecule has 2 heterocycles. The summed E-state index contributed by atoms with van der Waals surface area (Å²) in [7, 11) is 0. The minimum atomic E-state index is -1.28. The number of amides is 3. The molecule has 7 nitrogen and oxygen atoms in total. The van der Waals surface area contributed by atoms with Crippen molar-refractivity contribution in [3.05, 3.63) is 78.8 Å². The van der Waals surface area contributed by atoms with Crippen LogP contribution in [-0.4, -0.2) is 41.2 Å². The number of nitrogens with one attached hydrogen (secondary N) is 1. The summed E-state index contributed by atoms with van der Waals surface area (Å²) in [6.07, 6.45) is 0.404. The van der Waals surface area contributed by atoms with Gasteiger partial charge in [0, 0.05) is 0 Å². The molecule has 1 aliphatic heterocycles. The highest BCUT2D eigenvalue weighted by molar-refractivity contribution is 6.06. The Morgan fingerprint density at radius 1 is 1.03 bits per heavy atom. The molecule has 0 bridgehead atoms. The molecular formula is C23H22N2O5. The number of β-amino-alcohol motifs (C(OH)–C–C–N with tert-alkyl or cyclic N) is 1. The van der Waals surface area contributed by atoms with Gasteiger partial charge in [-0.1, -0.05) is 42.5 Å². The van der Waals surface area contributed by atoms with E-state index in [4.69, 9.17) is 9.15 Å². The van der Waals surface area contributed by atoms with Crippen LogP contribution in [0.2, 0.25) is 0 Å². The van der Waals surface area contributed by atoms with E-state index in [2.05, 4.69) is 5.32 Å². The summed E-state index contributed by atoms with van der Waals surface area (Å²) < 4.78 is 10.9. The topological polar surface area (TPSA) is 92.0 Å². The van der Waals surface area contributed by atoms with E-state index in [-0.39, 0.29) is 13.2 Å². The maximum Gasteiger partial charge on any atom is 0.325 e. The zero-order valence-electron chi connectivity index (χ0n) is 16.4. The van der Waals surface area contributed by atoms with E-state index in [0.29, 0.717) is 11.5 Å². The van der Waals surface area contributed by atoms with E-state index in [9.17, 15) is 14.7 Å². The molecule has 2 aromatic carbocycles. The largest absolute Gasteiger partial charge is 0.491 e. The summed E-state index contributed by atoms with van der Waals surface area (Å²) >= 11 is 0. The molecule has 3 aromatic rings. The molecule has 0 spiro atoms. The van der Waals surface area contributed by atoms with Crippen LogP contribution in [0.3, 0.4) is 0 Å². The highest BCUT2D eigenvalue weighted by Gasteiger charge is 2.51. The molecule has 30 heavy (non-hydrogen) atoms. The Morgan fingerprint density at radius 2 is 1.73 bits per heavy atom. The Hall–Kier alpha value is -3.58. The number of hydrogen-bond donors (Lipinski definition) is 2. The second-order valence-corrected chi connectivity index (χ2v) is 7.30. The second-order valence-electron chi connectivity index (χ2n) is 7.30. The highest BCUT2D eigenvalue weighted by Crippen LogP contribution is 2.29. The standard InChI is InChI=1S/C23H22N2O5/c1-23(20-8-5-13-29-20)21(27)25(22(28)24-23)14-18(26)15-30-19-11-9-17(10-12-19)16-6-3-2-4-7-16/h2-13,18,26H,14-15H2,1H3,(H,24,28)/t18-,23+/m0/s1. The summed E-state index contributed by atoms with van der Waals surface area (Å²) in [5.41, 5.74) is 0.872. The van der Waals surface area contributed by atoms with Crippen molar-refractivity contribution in [2.75, 3.05) is 13.2 Å². The van der Waals surface area contributed by atoms with Crippen LogP contribution in [0.4, 0.5) is 4.79 Å². The molecule has 0 aliphatic carbocycles. The van der Waals surface area contributed by atoms with Gasteiger partial charge < -0.3 is 19.6 Å². The fourth-order valence-electron chi connectivity index (χ4n) is 3.42. The van der Waals surface area contributed by atoms with Crippen LogP contribution >= 0.6 is 0 Å². The zero-order valence-corrected chi connectivity index (χ0v) is 16.4. The van der Waals surface area contributed by atoms with E-state index in [1.165, 1.54) is 6.26 Å². The van der Waals surface area contributed by atoms with Gasteiger partial charge in [0.15, 0.2) is 5.54 Å². The first-order valence-electron chi connectivity index (χ1n) is 9.62. The smallest absolute Gasteiger partial charge is 0.325 e. The molecule has 2 atom stereocenters. The quantitative estimate of drug-likeness (QED) is 0.588. The van der Waals surface area contributed by atoms with Crippen LogP contribution in [0.25, 0.3) is 11.1 Å². The lowest BCUT2D eigenvalue weighted by Crippen LogP contribution is -2.42. The van der Waals surface area contributed by atoms with Gasteiger partial charge >= 0.3 is 6.03 Å². The average molecular weight is 406 g/mol. The van der Waals surface area contributed by atoms with Crippen molar-refractivity contribution in [2.24, 2.45) is 0 Å². The second kappa shape index (κ2) is 8.04. The van der Waals surface area contributed by atoms with Crippen molar-refractivity contribution in [1.29, 1.82) is 0 Å². The molecule has 4 rings (SSSR count). The Bertz CT molecular complexity index is 1020. The predicted molar refractivity (Wildman–Crippen MR) is 110 cm³/mol. The van der Waals surface area contributed by atoms with Crippen LogP contribution < -0.4 is 10.1 Å². The third kappa shape index (κ3) is 3.79. The molecule has 1 fully saturated rings. The SMILES string of the molecule is C[C@]1(c2ccco2)NC(=O)N(C[C@H](O)COc2ccc(-c3ccccc3)cc2)C1=O. The molecule has 0 saturated carbocycles. The van der Waals surface area contributed by atoms with Crippen molar-refractivity contribution in [3.8, 4) is 16.9 Å². The van der Waals surface area contributed by atoms with Crippen molar-refractivity contribution < 1.29 is 23.8 Å². The van der Waals surface area contributed by atoms with Gasteiger partial charge in [0.2, 0.25) is 0 Å². The molecule has 1 aromatic heterocycles. The van der Waals surface area contributed by atoms with Crippen molar-refractivity contribution in [2.45, 2.75) is 18.6 Å². The van der Waals surface area contributed by atoms with E-state index >= 15 is 0 Å². The normalized spacial score (nSPS) is 19.6. The number of benzene rings is 2. The fraction of sp³-hybridized carbons (Fsp3) is 0.217. The van der Waals surface area contributed by atoms with Crippen LogP contribution in [0, 0.1) is 0 Å². The summed E-state index contributed by atoms with van der Waals surface area (Å²) in [5, 5.41) is 12.9. The van der Waals surface area contributed by atoms with Crippen LogP contribution in [-0.2, 0) is 10.3 Å². The molecule has 0 radical (unpaired) electrons. The number of furan rings is 1. The van der Waals surface area contributed by atoms with E-state index < -0.39 is 23.6 Å². The van der Waals surface area contributed by atoms with Crippen LogP contribution in [0.1, 0.15) is 12.7 Å². The minimum Gasteiger partial charge on any atom is -0.491 e. The number of carbonyl (C=O) groups is 2. The van der Waals surface area contributed by atoms with Gasteiger partial charge in [-0.15, -0.1) is 0 Å². The van der Waals surface area contributed by atoms with Gasteiger partial charge in [0.1, 0.15) is 24.2 Å². The summed E-state index contributed by atoms with van der Waals surface area (Å²) in [4.78, 5) is 26.0. The van der Waals surface area contributed by atoms with Gasteiger partial charge in [-0.05, 0) is 42.3 Å². The van der Waals surface area contributed by atoms with Gasteiger partial charge in [-0.25, -0.2) is 4.79 Å². The number of imide groups is 1. The average Bonchev–Trinajstić information content (AvgIpc) is 3.38. The van der Waals surface area contributed by atoms with Gasteiger partial charge in [-0.2, -0.15) is 0 Å². The third-order valence-corrected chi connectivity index (χ3v) is 5.09. The number of aliphatic hydroxyl groups excluding tert-OH is 1. The van der Waals surface area contributed by atoms with E-state index in [1.54, 1.807) is 19.1 Å². The lowest BCUT2D eigenvalue weighted by Gasteiger charge is -2.21. The molecule has 154 valence electrons. The van der Waals surface area contributed by atoms with Crippen molar-refractivity contribution >= 4 is 11.9 Å². The Morgan fingerprint density at radius 3 is 2.40 bits per heavy atom. The number of ether oxygens (including phenoxy) is 1. The first-order chi connectivity index (χ1) is 14.5. The molecule has 1 saturated heterocycles. The molecule has 0 unspecified atom stereocenters. The van der Waals surface area contributed by atoms with Crippen LogP contribution in [0.5, 0.6) is 5.75 Å². The monoisotopic (exact) mass is 406 g/mol. The molecule has 3 amide bonds. The van der Waals surface area contributed by atoms with E-state index in [0.717, 1.165) is 16.0 Å². The van der Waals surface area contributed by atoms with Crippen molar-refractivity contribution in [3.63, 3.8) is 0 Å². The lowest BCUT2D eigenvalue weighted by molar-refractivity contribution is -0.132. The number of aliphatic hydroxyl groups is 1. The Kier molecular flexibility index (Phi) is 5.29. The highest BCUT2D eigenvalue weighted by atomic mass is 16.5. The number of rotatable bonds is 7. The van der Waals surface area contributed by atoms with Gasteiger partial charge in [0.05, 0.1) is 12.8 Å². The summed E-state index contributed by atoms with van der Waals surface area (Å²) in [6.45, 7) is 1.34. The molecule has 2 N–H and O–H groups in total. The summed E-state index contributed by atoms with van der Waals surface area (Å²) in [5.74, 6) is 0.452. The number of carbonyl (C=O) groups excluding carboxylic acids is 2. The van der Waals surface area contributed by atoms with E-state index in [1.807, 2.05) is 54.6 Å². The number of hydrogen-bond acceptors (Lipinski definition) is 5. The lowest BCUT2D eigenvalue weighted by atomic mass is 9.99. The Labute approximate surface area is 173 Å². The molecule has 7 heteroatoms. The Balaban J connectivity index is 1.34. The van der Waals surface area contributed by atoms with Gasteiger partial charge in [-0.3, -0.25) is 9.69 Å². The molecule has 1 aliphatic rings. The van der Waals surface area contributed by atoms with Crippen LogP contribution in [0.15, 0.2) is 77.4 Å². The first-order valence-corrected chi connectivity index (χ1v) is 9.62. The fourth-order valence-corrected chi connectivity index (χ4v) is 3.42. The third-order valence-electron chi connectivity index (χ3n) is 5.09. The zero-order chi connectivity index (χ0) is 21.1. The summed E-state index contributed by atoms with van der Waals surface area (Å²) in [6, 6.07) is 20.2. The predicted octanol–water partition coefficient (Wildman–Crippen LogP) is 3.15. The minimum absolute atomic E-state index is 0.0563. The van der Waals surface area contributed by atoms with Gasteiger partial charge in [0.25, 0.3) is 5.91 Å².